The van der Waals surface area contributed by atoms with Crippen LogP contribution in [0.1, 0.15) is 23.7 Å². The molecule has 0 bridgehead atoms. The summed E-state index contributed by atoms with van der Waals surface area (Å²) in [6, 6.07) is 9.40. The second-order valence-electron chi connectivity index (χ2n) is 5.88. The van der Waals surface area contributed by atoms with Gasteiger partial charge in [-0.1, -0.05) is 18.2 Å². The summed E-state index contributed by atoms with van der Waals surface area (Å²) in [5, 5.41) is 13.7. The molecule has 1 aliphatic rings. The molecular formula is C17H19N3O3. The summed E-state index contributed by atoms with van der Waals surface area (Å²) in [7, 11) is 0. The van der Waals surface area contributed by atoms with Crippen LogP contribution < -0.4 is 0 Å². The highest BCUT2D eigenvalue weighted by Gasteiger charge is 2.32. The molecule has 23 heavy (non-hydrogen) atoms. The lowest BCUT2D eigenvalue weighted by Crippen LogP contribution is -2.35. The zero-order chi connectivity index (χ0) is 16.4. The van der Waals surface area contributed by atoms with Crippen LogP contribution in [0.4, 0.5) is 0 Å². The molecule has 6 nitrogen and oxygen atoms in total. The molecule has 2 atom stereocenters. The first-order valence-corrected chi connectivity index (χ1v) is 7.68. The summed E-state index contributed by atoms with van der Waals surface area (Å²) in [5.41, 5.74) is 1.11. The number of carbonyl (C=O) groups is 2. The van der Waals surface area contributed by atoms with E-state index in [1.165, 1.54) is 11.1 Å². The molecule has 1 saturated heterocycles. The van der Waals surface area contributed by atoms with Gasteiger partial charge < -0.3 is 10.0 Å². The lowest BCUT2D eigenvalue weighted by molar-refractivity contribution is -0.125. The molecule has 1 aromatic heterocycles. The fourth-order valence-electron chi connectivity index (χ4n) is 2.79. The second kappa shape index (κ2) is 6.34. The van der Waals surface area contributed by atoms with Gasteiger partial charge in [-0.3, -0.25) is 9.59 Å². The summed E-state index contributed by atoms with van der Waals surface area (Å²) >= 11 is 0. The van der Waals surface area contributed by atoms with Gasteiger partial charge in [0.1, 0.15) is 0 Å². The highest BCUT2D eigenvalue weighted by molar-refractivity contribution is 6.42. The third kappa shape index (κ3) is 3.17. The Hall–Kier alpha value is -2.47. The van der Waals surface area contributed by atoms with Gasteiger partial charge in [0.25, 0.3) is 11.7 Å². The Morgan fingerprint density at radius 2 is 2.04 bits per heavy atom. The quantitative estimate of drug-likeness (QED) is 0.681. The van der Waals surface area contributed by atoms with Crippen LogP contribution in [0, 0.1) is 5.92 Å². The number of nitrogens with zero attached hydrogens (tertiary/aromatic N) is 3. The number of benzene rings is 1. The van der Waals surface area contributed by atoms with Crippen molar-refractivity contribution in [2.45, 2.75) is 19.4 Å². The molecule has 1 aliphatic heterocycles. The molecule has 1 amide bonds. The predicted octanol–water partition coefficient (Wildman–Crippen LogP) is 1.28. The lowest BCUT2D eigenvalue weighted by Gasteiger charge is -2.16. The van der Waals surface area contributed by atoms with Crippen molar-refractivity contribution in [2.24, 2.45) is 5.92 Å². The van der Waals surface area contributed by atoms with Crippen LogP contribution in [0.25, 0.3) is 5.69 Å². The standard InChI is InChI=1S/C17H19N3O3/c1-12(21)13-7-8-19(10-13)17(23)16(22)14-9-18-20(11-14)15-5-3-2-4-6-15/h2-6,9,11-13,21H,7-8,10H2,1H3. The summed E-state index contributed by atoms with van der Waals surface area (Å²) in [5.74, 6) is -1.04. The zero-order valence-corrected chi connectivity index (χ0v) is 12.9. The van der Waals surface area contributed by atoms with Gasteiger partial charge in [0.2, 0.25) is 0 Å². The number of aliphatic hydroxyl groups is 1. The minimum atomic E-state index is -0.557. The average Bonchev–Trinajstić information content (AvgIpc) is 3.24. The predicted molar refractivity (Wildman–Crippen MR) is 84.3 cm³/mol. The van der Waals surface area contributed by atoms with Crippen molar-refractivity contribution in [3.8, 4) is 5.69 Å². The molecular weight excluding hydrogens is 294 g/mol. The maximum atomic E-state index is 12.3. The molecule has 0 saturated carbocycles. The van der Waals surface area contributed by atoms with Crippen LogP contribution in [0.15, 0.2) is 42.7 Å². The van der Waals surface area contributed by atoms with E-state index in [0.29, 0.717) is 13.1 Å². The molecule has 120 valence electrons. The Morgan fingerprint density at radius 3 is 2.70 bits per heavy atom. The summed E-state index contributed by atoms with van der Waals surface area (Å²) in [4.78, 5) is 26.2. The van der Waals surface area contributed by atoms with E-state index in [-0.39, 0.29) is 11.5 Å². The Labute approximate surface area is 134 Å². The molecule has 1 fully saturated rings. The number of ketones is 1. The van der Waals surface area contributed by atoms with Gasteiger partial charge in [-0.25, -0.2) is 4.68 Å². The van der Waals surface area contributed by atoms with E-state index in [9.17, 15) is 14.7 Å². The Balaban J connectivity index is 1.71. The van der Waals surface area contributed by atoms with Gasteiger partial charge in [0.05, 0.1) is 23.6 Å². The number of likely N-dealkylation sites (tertiary alicyclic amines) is 1. The lowest BCUT2D eigenvalue weighted by atomic mass is 10.0. The van der Waals surface area contributed by atoms with Crippen LogP contribution in [-0.2, 0) is 4.79 Å². The Morgan fingerprint density at radius 1 is 1.30 bits per heavy atom. The zero-order valence-electron chi connectivity index (χ0n) is 12.9. The molecule has 3 rings (SSSR count). The highest BCUT2D eigenvalue weighted by Crippen LogP contribution is 2.20. The van der Waals surface area contributed by atoms with Crippen LogP contribution in [0.3, 0.4) is 0 Å². The number of rotatable bonds is 4. The molecule has 2 heterocycles. The number of aromatic nitrogens is 2. The SMILES string of the molecule is CC(O)C1CCN(C(=O)C(=O)c2cnn(-c3ccccc3)c2)C1. The van der Waals surface area contributed by atoms with Crippen LogP contribution in [0.5, 0.6) is 0 Å². The molecule has 0 radical (unpaired) electrons. The van der Waals surface area contributed by atoms with E-state index in [1.54, 1.807) is 17.8 Å². The van der Waals surface area contributed by atoms with Crippen molar-refractivity contribution in [1.82, 2.24) is 14.7 Å². The van der Waals surface area contributed by atoms with E-state index >= 15 is 0 Å². The van der Waals surface area contributed by atoms with Crippen molar-refractivity contribution in [3.63, 3.8) is 0 Å². The number of aliphatic hydroxyl groups excluding tert-OH is 1. The third-order valence-corrected chi connectivity index (χ3v) is 4.25. The minimum absolute atomic E-state index is 0.0405. The smallest absolute Gasteiger partial charge is 0.295 e. The molecule has 1 aromatic carbocycles. The monoisotopic (exact) mass is 313 g/mol. The average molecular weight is 313 g/mol. The minimum Gasteiger partial charge on any atom is -0.393 e. The largest absolute Gasteiger partial charge is 0.393 e. The van der Waals surface area contributed by atoms with Gasteiger partial charge >= 0.3 is 0 Å². The Bertz CT molecular complexity index is 709. The molecule has 1 N–H and O–H groups in total. The molecule has 2 unspecified atom stereocenters. The van der Waals surface area contributed by atoms with Gasteiger partial charge in [0, 0.05) is 25.2 Å². The van der Waals surface area contributed by atoms with Crippen molar-refractivity contribution >= 4 is 11.7 Å². The maximum absolute atomic E-state index is 12.3. The highest BCUT2D eigenvalue weighted by atomic mass is 16.3. The maximum Gasteiger partial charge on any atom is 0.295 e. The fourth-order valence-corrected chi connectivity index (χ4v) is 2.79. The van der Waals surface area contributed by atoms with Crippen LogP contribution >= 0.6 is 0 Å². The van der Waals surface area contributed by atoms with Gasteiger partial charge in [-0.15, -0.1) is 0 Å². The van der Waals surface area contributed by atoms with Crippen molar-refractivity contribution in [3.05, 3.63) is 48.3 Å². The number of carbonyl (C=O) groups excluding carboxylic acids is 2. The Kier molecular flexibility index (Phi) is 4.25. The third-order valence-electron chi connectivity index (χ3n) is 4.25. The number of Topliss-reactive ketones (excluding diaryl/α,β-unsaturated/α-hetero) is 1. The summed E-state index contributed by atoms with van der Waals surface area (Å²) < 4.78 is 1.57. The first-order chi connectivity index (χ1) is 11.1. The summed E-state index contributed by atoms with van der Waals surface area (Å²) in [6.07, 6.45) is 3.23. The molecule has 6 heteroatoms. The van der Waals surface area contributed by atoms with Crippen LogP contribution in [0.2, 0.25) is 0 Å². The van der Waals surface area contributed by atoms with Gasteiger partial charge in [-0.05, 0) is 25.5 Å². The van der Waals surface area contributed by atoms with Gasteiger partial charge in [0.15, 0.2) is 0 Å². The number of amides is 1. The number of para-hydroxylation sites is 1. The van der Waals surface area contributed by atoms with Crippen molar-refractivity contribution in [1.29, 1.82) is 0 Å². The van der Waals surface area contributed by atoms with E-state index in [0.717, 1.165) is 12.1 Å². The normalized spacial score (nSPS) is 18.9. The molecule has 0 spiro atoms. The topological polar surface area (TPSA) is 75.4 Å². The first kappa shape index (κ1) is 15.4. The van der Waals surface area contributed by atoms with Crippen molar-refractivity contribution in [2.75, 3.05) is 13.1 Å². The molecule has 0 aliphatic carbocycles. The van der Waals surface area contributed by atoms with Crippen LogP contribution in [-0.4, -0.2) is 50.7 Å². The van der Waals surface area contributed by atoms with E-state index in [2.05, 4.69) is 5.10 Å². The van der Waals surface area contributed by atoms with Gasteiger partial charge in [-0.2, -0.15) is 5.10 Å². The van der Waals surface area contributed by atoms with E-state index in [1.807, 2.05) is 30.3 Å². The fraction of sp³-hybridized carbons (Fsp3) is 0.353. The van der Waals surface area contributed by atoms with E-state index in [4.69, 9.17) is 0 Å². The first-order valence-electron chi connectivity index (χ1n) is 7.68. The number of hydrogen-bond donors (Lipinski definition) is 1. The summed E-state index contributed by atoms with van der Waals surface area (Å²) in [6.45, 7) is 2.65. The van der Waals surface area contributed by atoms with E-state index < -0.39 is 17.8 Å². The van der Waals surface area contributed by atoms with Crippen molar-refractivity contribution < 1.29 is 14.7 Å². The second-order valence-corrected chi connectivity index (χ2v) is 5.88. The molecule has 2 aromatic rings. The number of hydrogen-bond acceptors (Lipinski definition) is 4.